The zero-order valence-corrected chi connectivity index (χ0v) is 9.23. The summed E-state index contributed by atoms with van der Waals surface area (Å²) in [5.74, 6) is 1.48. The zero-order valence-electron chi connectivity index (χ0n) is 9.23. The normalized spacial score (nSPS) is 10.1. The van der Waals surface area contributed by atoms with Gasteiger partial charge < -0.3 is 15.0 Å². The summed E-state index contributed by atoms with van der Waals surface area (Å²) in [4.78, 5) is 7.33. The lowest BCUT2D eigenvalue weighted by Crippen LogP contribution is -2.02. The van der Waals surface area contributed by atoms with Crippen LogP contribution >= 0.6 is 0 Å². The van der Waals surface area contributed by atoms with Gasteiger partial charge in [-0.3, -0.25) is 0 Å². The second kappa shape index (κ2) is 5.21. The van der Waals surface area contributed by atoms with Crippen LogP contribution in [0.5, 0.6) is 5.88 Å². The van der Waals surface area contributed by atoms with Gasteiger partial charge >= 0.3 is 0 Å². The van der Waals surface area contributed by atoms with E-state index in [0.717, 1.165) is 12.4 Å². The second-order valence-corrected chi connectivity index (χ2v) is 3.37. The maximum Gasteiger partial charge on any atom is 0.215 e. The van der Waals surface area contributed by atoms with Crippen molar-refractivity contribution in [3.05, 3.63) is 42.2 Å². The van der Waals surface area contributed by atoms with Crippen LogP contribution < -0.4 is 10.1 Å². The zero-order chi connectivity index (χ0) is 11.2. The molecule has 2 N–H and O–H groups in total. The van der Waals surface area contributed by atoms with Crippen LogP contribution in [0.1, 0.15) is 12.5 Å². The van der Waals surface area contributed by atoms with E-state index in [1.165, 1.54) is 5.56 Å². The fourth-order valence-electron chi connectivity index (χ4n) is 1.40. The van der Waals surface area contributed by atoms with Gasteiger partial charge in [-0.15, -0.1) is 0 Å². The van der Waals surface area contributed by atoms with E-state index in [1.54, 1.807) is 0 Å². The highest BCUT2D eigenvalue weighted by Gasteiger charge is 1.98. The number of nitrogens with zero attached hydrogens (tertiary/aromatic N) is 1. The van der Waals surface area contributed by atoms with Crippen molar-refractivity contribution in [2.24, 2.45) is 0 Å². The molecule has 0 saturated heterocycles. The third-order valence-corrected chi connectivity index (χ3v) is 2.15. The molecule has 0 aliphatic rings. The Bertz CT molecular complexity index is 426. The molecule has 0 spiro atoms. The molecule has 2 heterocycles. The van der Waals surface area contributed by atoms with Crippen LogP contribution in [0.3, 0.4) is 0 Å². The molecule has 2 aromatic rings. The van der Waals surface area contributed by atoms with E-state index in [4.69, 9.17) is 4.74 Å². The fraction of sp³-hybridized carbons (Fsp3) is 0.250. The topological polar surface area (TPSA) is 49.9 Å². The highest BCUT2D eigenvalue weighted by atomic mass is 16.5. The molecule has 4 heteroatoms. The Balaban J connectivity index is 1.96. The van der Waals surface area contributed by atoms with E-state index < -0.39 is 0 Å². The van der Waals surface area contributed by atoms with Crippen molar-refractivity contribution in [3.63, 3.8) is 0 Å². The molecule has 0 aliphatic carbocycles. The molecule has 16 heavy (non-hydrogen) atoms. The summed E-state index contributed by atoms with van der Waals surface area (Å²) >= 11 is 0. The third kappa shape index (κ3) is 2.76. The van der Waals surface area contributed by atoms with Gasteiger partial charge in [0.25, 0.3) is 0 Å². The van der Waals surface area contributed by atoms with Gasteiger partial charge in [-0.05, 0) is 24.6 Å². The average Bonchev–Trinajstić information content (AvgIpc) is 2.80. The van der Waals surface area contributed by atoms with Crippen molar-refractivity contribution in [1.29, 1.82) is 0 Å². The quantitative estimate of drug-likeness (QED) is 0.808. The summed E-state index contributed by atoms with van der Waals surface area (Å²) in [7, 11) is 0. The van der Waals surface area contributed by atoms with E-state index in [2.05, 4.69) is 15.3 Å². The number of ether oxygens (including phenoxy) is 1. The van der Waals surface area contributed by atoms with Crippen LogP contribution in [0, 0.1) is 0 Å². The Morgan fingerprint density at radius 3 is 3.06 bits per heavy atom. The lowest BCUT2D eigenvalue weighted by atomic mass is 10.3. The Labute approximate surface area is 94.7 Å². The number of rotatable bonds is 5. The Hall–Kier alpha value is -1.97. The van der Waals surface area contributed by atoms with Gasteiger partial charge in [-0.25, -0.2) is 0 Å². The monoisotopic (exact) mass is 217 g/mol. The van der Waals surface area contributed by atoms with E-state index in [-0.39, 0.29) is 0 Å². The first-order chi connectivity index (χ1) is 7.88. The molecule has 0 unspecified atom stereocenters. The first-order valence-electron chi connectivity index (χ1n) is 5.34. The highest BCUT2D eigenvalue weighted by molar-refractivity contribution is 5.37. The van der Waals surface area contributed by atoms with Crippen LogP contribution in [0.25, 0.3) is 0 Å². The molecule has 0 aromatic carbocycles. The summed E-state index contributed by atoms with van der Waals surface area (Å²) in [5, 5.41) is 3.23. The summed E-state index contributed by atoms with van der Waals surface area (Å²) in [6.45, 7) is 3.34. The number of aromatic amines is 1. The smallest absolute Gasteiger partial charge is 0.215 e. The standard InChI is InChI=1S/C12H15N3O/c1-2-16-12-5-3-4-11(15-12)14-9-10-6-7-13-8-10/h3-8,13H,2,9H2,1H3,(H,14,15). The number of pyridine rings is 1. The predicted octanol–water partition coefficient (Wildman–Crippen LogP) is 2.42. The Morgan fingerprint density at radius 2 is 2.31 bits per heavy atom. The van der Waals surface area contributed by atoms with Crippen molar-refractivity contribution in [3.8, 4) is 5.88 Å². The first kappa shape index (κ1) is 10.5. The number of aromatic nitrogens is 2. The molecule has 0 saturated carbocycles. The SMILES string of the molecule is CCOc1cccc(NCc2cc[nH]c2)n1. The molecule has 0 radical (unpaired) electrons. The maximum atomic E-state index is 5.33. The molecule has 2 rings (SSSR count). The molecule has 0 atom stereocenters. The van der Waals surface area contributed by atoms with Gasteiger partial charge in [0.05, 0.1) is 6.61 Å². The molecule has 4 nitrogen and oxygen atoms in total. The fourth-order valence-corrected chi connectivity index (χ4v) is 1.40. The van der Waals surface area contributed by atoms with Crippen LogP contribution in [0.15, 0.2) is 36.7 Å². The lowest BCUT2D eigenvalue weighted by Gasteiger charge is -2.06. The van der Waals surface area contributed by atoms with Gasteiger partial charge in [-0.1, -0.05) is 6.07 Å². The van der Waals surface area contributed by atoms with Crippen molar-refractivity contribution >= 4 is 5.82 Å². The number of H-pyrrole nitrogens is 1. The van der Waals surface area contributed by atoms with Gasteiger partial charge in [-0.2, -0.15) is 4.98 Å². The van der Waals surface area contributed by atoms with E-state index in [1.807, 2.05) is 43.6 Å². The molecule has 0 aliphatic heterocycles. The molecular formula is C12H15N3O. The van der Waals surface area contributed by atoms with E-state index in [9.17, 15) is 0 Å². The minimum absolute atomic E-state index is 0.633. The highest BCUT2D eigenvalue weighted by Crippen LogP contribution is 2.12. The van der Waals surface area contributed by atoms with Gasteiger partial charge in [0.2, 0.25) is 5.88 Å². The maximum absolute atomic E-state index is 5.33. The molecule has 0 fully saturated rings. The molecule has 84 valence electrons. The van der Waals surface area contributed by atoms with Crippen LogP contribution in [-0.2, 0) is 6.54 Å². The number of hydrogen-bond donors (Lipinski definition) is 2. The summed E-state index contributed by atoms with van der Waals surface area (Å²) in [6, 6.07) is 7.73. The van der Waals surface area contributed by atoms with Crippen molar-refractivity contribution in [2.45, 2.75) is 13.5 Å². The predicted molar refractivity (Wildman–Crippen MR) is 63.5 cm³/mol. The van der Waals surface area contributed by atoms with Gasteiger partial charge in [0.15, 0.2) is 0 Å². The van der Waals surface area contributed by atoms with Crippen LogP contribution in [-0.4, -0.2) is 16.6 Å². The van der Waals surface area contributed by atoms with E-state index in [0.29, 0.717) is 12.5 Å². The third-order valence-electron chi connectivity index (χ3n) is 2.15. The molecular weight excluding hydrogens is 202 g/mol. The average molecular weight is 217 g/mol. The lowest BCUT2D eigenvalue weighted by molar-refractivity contribution is 0.327. The van der Waals surface area contributed by atoms with Crippen LogP contribution in [0.4, 0.5) is 5.82 Å². The molecule has 2 aromatic heterocycles. The van der Waals surface area contributed by atoms with Crippen molar-refractivity contribution in [2.75, 3.05) is 11.9 Å². The van der Waals surface area contributed by atoms with Crippen molar-refractivity contribution in [1.82, 2.24) is 9.97 Å². The second-order valence-electron chi connectivity index (χ2n) is 3.37. The van der Waals surface area contributed by atoms with Gasteiger partial charge in [0, 0.05) is 25.0 Å². The summed E-state index contributed by atoms with van der Waals surface area (Å²) in [5.41, 5.74) is 1.20. The summed E-state index contributed by atoms with van der Waals surface area (Å²) in [6.07, 6.45) is 3.86. The number of anilines is 1. The Kier molecular flexibility index (Phi) is 3.43. The van der Waals surface area contributed by atoms with Crippen molar-refractivity contribution < 1.29 is 4.74 Å². The van der Waals surface area contributed by atoms with Gasteiger partial charge in [0.1, 0.15) is 5.82 Å². The first-order valence-corrected chi connectivity index (χ1v) is 5.34. The molecule has 0 bridgehead atoms. The molecule has 0 amide bonds. The number of nitrogens with one attached hydrogen (secondary N) is 2. The van der Waals surface area contributed by atoms with E-state index >= 15 is 0 Å². The minimum Gasteiger partial charge on any atom is -0.478 e. The number of hydrogen-bond acceptors (Lipinski definition) is 3. The summed E-state index contributed by atoms with van der Waals surface area (Å²) < 4.78 is 5.33. The van der Waals surface area contributed by atoms with Crippen LogP contribution in [0.2, 0.25) is 0 Å². The minimum atomic E-state index is 0.633. The largest absolute Gasteiger partial charge is 0.478 e. The Morgan fingerprint density at radius 1 is 1.38 bits per heavy atom.